The molecule has 23 heavy (non-hydrogen) atoms. The Hall–Kier alpha value is -2.69. The van der Waals surface area contributed by atoms with Gasteiger partial charge >= 0.3 is 0 Å². The maximum absolute atomic E-state index is 12.5. The van der Waals surface area contributed by atoms with Crippen LogP contribution in [0, 0.1) is 0 Å². The predicted octanol–water partition coefficient (Wildman–Crippen LogP) is 2.67. The number of carbonyl (C=O) groups is 1. The van der Waals surface area contributed by atoms with Crippen LogP contribution in [-0.4, -0.2) is 33.3 Å². The van der Waals surface area contributed by atoms with E-state index in [1.54, 1.807) is 19.1 Å². The number of hydrogen-bond donors (Lipinski definition) is 0. The molecule has 2 aromatic carbocycles. The van der Waals surface area contributed by atoms with Crippen LogP contribution in [0.25, 0.3) is 0 Å². The molecule has 0 N–H and O–H groups in total. The molecule has 0 spiro atoms. The van der Waals surface area contributed by atoms with Gasteiger partial charge in [0.05, 0.1) is 13.5 Å². The lowest BCUT2D eigenvalue weighted by atomic mass is 10.1. The van der Waals surface area contributed by atoms with E-state index in [-0.39, 0.29) is 5.91 Å². The van der Waals surface area contributed by atoms with E-state index in [2.05, 4.69) is 0 Å². The highest BCUT2D eigenvalue weighted by molar-refractivity contribution is 5.94. The lowest BCUT2D eigenvalue weighted by Gasteiger charge is -2.22. The van der Waals surface area contributed by atoms with Gasteiger partial charge in [0.25, 0.3) is 0 Å². The van der Waals surface area contributed by atoms with Crippen LogP contribution in [0.3, 0.4) is 0 Å². The highest BCUT2D eigenvalue weighted by Crippen LogP contribution is 2.33. The molecule has 5 heteroatoms. The fraction of sp³-hybridized carbons (Fsp3) is 0.278. The highest BCUT2D eigenvalue weighted by Gasteiger charge is 2.17. The van der Waals surface area contributed by atoms with Crippen molar-refractivity contribution in [3.63, 3.8) is 0 Å². The third kappa shape index (κ3) is 3.39. The fourth-order valence-electron chi connectivity index (χ4n) is 2.46. The average Bonchev–Trinajstić information content (AvgIpc) is 2.60. The summed E-state index contributed by atoms with van der Waals surface area (Å²) in [6.45, 7) is 1.08. The SMILES string of the molecule is COc1cccc(CC(=O)N(C)c2ccc3c(c2)OCCO3)c1. The molecule has 0 saturated heterocycles. The Morgan fingerprint density at radius 2 is 1.91 bits per heavy atom. The number of fused-ring (bicyclic) bond motifs is 1. The van der Waals surface area contributed by atoms with Gasteiger partial charge in [-0.15, -0.1) is 0 Å². The van der Waals surface area contributed by atoms with Gasteiger partial charge in [0.2, 0.25) is 5.91 Å². The summed E-state index contributed by atoms with van der Waals surface area (Å²) in [7, 11) is 3.37. The van der Waals surface area contributed by atoms with Crippen molar-refractivity contribution < 1.29 is 19.0 Å². The maximum atomic E-state index is 12.5. The van der Waals surface area contributed by atoms with Gasteiger partial charge in [-0.3, -0.25) is 4.79 Å². The van der Waals surface area contributed by atoms with Crippen LogP contribution in [0.15, 0.2) is 42.5 Å². The van der Waals surface area contributed by atoms with Gasteiger partial charge in [0, 0.05) is 18.8 Å². The number of nitrogens with zero attached hydrogens (tertiary/aromatic N) is 1. The first-order valence-electron chi connectivity index (χ1n) is 7.46. The minimum absolute atomic E-state index is 0.00469. The molecule has 1 heterocycles. The van der Waals surface area contributed by atoms with Crippen LogP contribution >= 0.6 is 0 Å². The molecule has 2 aromatic rings. The summed E-state index contributed by atoms with van der Waals surface area (Å²) >= 11 is 0. The molecule has 0 atom stereocenters. The second kappa shape index (κ2) is 6.60. The summed E-state index contributed by atoms with van der Waals surface area (Å²) in [5.74, 6) is 2.13. The Bertz CT molecular complexity index is 714. The molecule has 0 saturated carbocycles. The van der Waals surface area contributed by atoms with Crippen molar-refractivity contribution in [2.75, 3.05) is 32.3 Å². The van der Waals surface area contributed by atoms with E-state index in [4.69, 9.17) is 14.2 Å². The quantitative estimate of drug-likeness (QED) is 0.871. The molecule has 3 rings (SSSR count). The van der Waals surface area contributed by atoms with Crippen molar-refractivity contribution >= 4 is 11.6 Å². The summed E-state index contributed by atoms with van der Waals surface area (Å²) in [6.07, 6.45) is 0.308. The first-order valence-corrected chi connectivity index (χ1v) is 7.46. The monoisotopic (exact) mass is 313 g/mol. The smallest absolute Gasteiger partial charge is 0.231 e. The third-order valence-corrected chi connectivity index (χ3v) is 3.78. The minimum Gasteiger partial charge on any atom is -0.497 e. The fourth-order valence-corrected chi connectivity index (χ4v) is 2.46. The second-order valence-electron chi connectivity index (χ2n) is 5.31. The van der Waals surface area contributed by atoms with Gasteiger partial charge < -0.3 is 19.1 Å². The number of anilines is 1. The van der Waals surface area contributed by atoms with Gasteiger partial charge in [0.15, 0.2) is 11.5 Å². The van der Waals surface area contributed by atoms with E-state index >= 15 is 0 Å². The van der Waals surface area contributed by atoms with E-state index < -0.39 is 0 Å². The lowest BCUT2D eigenvalue weighted by molar-refractivity contribution is -0.117. The first-order chi connectivity index (χ1) is 11.2. The number of hydrogen-bond acceptors (Lipinski definition) is 4. The Labute approximate surface area is 135 Å². The van der Waals surface area contributed by atoms with Crippen molar-refractivity contribution in [3.8, 4) is 17.2 Å². The molecule has 0 aliphatic carbocycles. The number of carbonyl (C=O) groups excluding carboxylic acids is 1. The largest absolute Gasteiger partial charge is 0.497 e. The van der Waals surface area contributed by atoms with Gasteiger partial charge in [-0.1, -0.05) is 12.1 Å². The van der Waals surface area contributed by atoms with Crippen molar-refractivity contribution in [1.82, 2.24) is 0 Å². The zero-order chi connectivity index (χ0) is 16.2. The van der Waals surface area contributed by atoms with Crippen LogP contribution in [0.4, 0.5) is 5.69 Å². The molecule has 1 amide bonds. The number of ether oxygens (including phenoxy) is 3. The molecule has 0 aromatic heterocycles. The molecular weight excluding hydrogens is 294 g/mol. The summed E-state index contributed by atoms with van der Waals surface area (Å²) in [4.78, 5) is 14.1. The highest BCUT2D eigenvalue weighted by atomic mass is 16.6. The Morgan fingerprint density at radius 3 is 2.70 bits per heavy atom. The summed E-state index contributed by atoms with van der Waals surface area (Å²) in [6, 6.07) is 13.0. The number of rotatable bonds is 4. The summed E-state index contributed by atoms with van der Waals surface area (Å²) in [5, 5.41) is 0. The average molecular weight is 313 g/mol. The van der Waals surface area contributed by atoms with E-state index in [9.17, 15) is 4.79 Å². The van der Waals surface area contributed by atoms with E-state index in [1.165, 1.54) is 0 Å². The number of likely N-dealkylation sites (N-methyl/N-ethyl adjacent to an activating group) is 1. The van der Waals surface area contributed by atoms with Crippen LogP contribution in [0.1, 0.15) is 5.56 Å². The standard InChI is InChI=1S/C18H19NO4/c1-19(14-6-7-16-17(12-14)23-9-8-22-16)18(20)11-13-4-3-5-15(10-13)21-2/h3-7,10,12H,8-9,11H2,1-2H3. The molecule has 5 nitrogen and oxygen atoms in total. The van der Waals surface area contributed by atoms with Crippen molar-refractivity contribution in [2.45, 2.75) is 6.42 Å². The second-order valence-corrected chi connectivity index (χ2v) is 5.31. The molecular formula is C18H19NO4. The topological polar surface area (TPSA) is 48.0 Å². The first kappa shape index (κ1) is 15.2. The Kier molecular flexibility index (Phi) is 4.37. The molecule has 0 bridgehead atoms. The van der Waals surface area contributed by atoms with Gasteiger partial charge in [-0.05, 0) is 29.8 Å². The molecule has 120 valence electrons. The molecule has 0 unspecified atom stereocenters. The van der Waals surface area contributed by atoms with Crippen LogP contribution in [0.2, 0.25) is 0 Å². The van der Waals surface area contributed by atoms with Crippen molar-refractivity contribution in [3.05, 3.63) is 48.0 Å². The Balaban J connectivity index is 1.74. The van der Waals surface area contributed by atoms with Gasteiger partial charge in [-0.2, -0.15) is 0 Å². The summed E-state index contributed by atoms with van der Waals surface area (Å²) < 4.78 is 16.2. The predicted molar refractivity (Wildman–Crippen MR) is 87.5 cm³/mol. The third-order valence-electron chi connectivity index (χ3n) is 3.78. The number of methoxy groups -OCH3 is 1. The number of amides is 1. The van der Waals surface area contributed by atoms with E-state index in [0.717, 1.165) is 17.0 Å². The normalized spacial score (nSPS) is 12.6. The van der Waals surface area contributed by atoms with Gasteiger partial charge in [-0.25, -0.2) is 0 Å². The van der Waals surface area contributed by atoms with Gasteiger partial charge in [0.1, 0.15) is 19.0 Å². The van der Waals surface area contributed by atoms with Crippen molar-refractivity contribution in [1.29, 1.82) is 0 Å². The maximum Gasteiger partial charge on any atom is 0.231 e. The van der Waals surface area contributed by atoms with Crippen molar-refractivity contribution in [2.24, 2.45) is 0 Å². The lowest BCUT2D eigenvalue weighted by Crippen LogP contribution is -2.28. The van der Waals surface area contributed by atoms with E-state index in [0.29, 0.717) is 31.1 Å². The zero-order valence-electron chi connectivity index (χ0n) is 13.2. The van der Waals surface area contributed by atoms with Crippen LogP contribution in [0.5, 0.6) is 17.2 Å². The zero-order valence-corrected chi connectivity index (χ0v) is 13.2. The minimum atomic E-state index is -0.00469. The molecule has 0 radical (unpaired) electrons. The molecule has 0 fully saturated rings. The number of benzene rings is 2. The molecule has 1 aliphatic rings. The summed E-state index contributed by atoms with van der Waals surface area (Å²) in [5.41, 5.74) is 1.70. The Morgan fingerprint density at radius 1 is 1.13 bits per heavy atom. The molecule has 1 aliphatic heterocycles. The van der Waals surface area contributed by atoms with E-state index in [1.807, 2.05) is 42.5 Å². The van der Waals surface area contributed by atoms with Crippen LogP contribution < -0.4 is 19.1 Å². The van der Waals surface area contributed by atoms with Crippen LogP contribution in [-0.2, 0) is 11.2 Å².